The second-order valence-electron chi connectivity index (χ2n) is 6.38. The molecule has 0 spiro atoms. The van der Waals surface area contributed by atoms with Crippen molar-refractivity contribution in [3.05, 3.63) is 74.9 Å². The molecule has 3 rings (SSSR count). The van der Waals surface area contributed by atoms with Crippen molar-refractivity contribution in [3.8, 4) is 11.5 Å². The molecule has 1 N–H and O–H groups in total. The molecular formula is C20H17ClF2N4O5. The van der Waals surface area contributed by atoms with E-state index in [1.54, 1.807) is 31.2 Å². The first-order valence-electron chi connectivity index (χ1n) is 9.26. The molecule has 1 amide bonds. The van der Waals surface area contributed by atoms with Crippen LogP contribution in [0.1, 0.15) is 22.8 Å². The molecule has 0 saturated heterocycles. The molecule has 3 aromatic rings. The summed E-state index contributed by atoms with van der Waals surface area (Å²) >= 11 is 5.78. The van der Waals surface area contributed by atoms with Crippen LogP contribution in [0.25, 0.3) is 0 Å². The van der Waals surface area contributed by atoms with Gasteiger partial charge in [0.05, 0.1) is 24.4 Å². The van der Waals surface area contributed by atoms with Gasteiger partial charge in [-0.2, -0.15) is 13.5 Å². The van der Waals surface area contributed by atoms with Gasteiger partial charge >= 0.3 is 12.4 Å². The van der Waals surface area contributed by atoms with Crippen molar-refractivity contribution >= 4 is 29.0 Å². The van der Waals surface area contributed by atoms with Crippen LogP contribution in [0.3, 0.4) is 0 Å². The summed E-state index contributed by atoms with van der Waals surface area (Å²) < 4.78 is 36.0. The number of rotatable bonds is 9. The summed E-state index contributed by atoms with van der Waals surface area (Å²) in [6.45, 7) is -0.868. The van der Waals surface area contributed by atoms with Gasteiger partial charge in [0, 0.05) is 17.3 Å². The van der Waals surface area contributed by atoms with Gasteiger partial charge in [-0.05, 0) is 41.7 Å². The van der Waals surface area contributed by atoms with E-state index >= 15 is 0 Å². The maximum atomic E-state index is 12.5. The van der Waals surface area contributed by atoms with Crippen LogP contribution >= 0.6 is 11.6 Å². The van der Waals surface area contributed by atoms with E-state index in [9.17, 15) is 23.7 Å². The molecule has 0 unspecified atom stereocenters. The number of halogens is 3. The lowest BCUT2D eigenvalue weighted by Crippen LogP contribution is -2.12. The van der Waals surface area contributed by atoms with Gasteiger partial charge in [0.25, 0.3) is 5.91 Å². The molecule has 0 aliphatic heterocycles. The monoisotopic (exact) mass is 466 g/mol. The normalized spacial score (nSPS) is 10.8. The van der Waals surface area contributed by atoms with Crippen molar-refractivity contribution < 1.29 is 28.0 Å². The smallest absolute Gasteiger partial charge is 0.408 e. The average Bonchev–Trinajstić information content (AvgIpc) is 3.10. The minimum atomic E-state index is -3.00. The molecule has 1 heterocycles. The summed E-state index contributed by atoms with van der Waals surface area (Å²) in [6.07, 6.45) is 1.34. The standard InChI is InChI=1S/C20H17ClF2N4O5/c1-2-31-17-9-14(7-8-16(17)32-20(22)23)24-19(28)13-5-3-12(4-6-13)10-26-11-15(21)18(25-26)27(29)30/h3-9,11,20H,2,10H2,1H3,(H,24,28). The molecule has 0 atom stereocenters. The number of hydrogen-bond donors (Lipinski definition) is 1. The van der Waals surface area contributed by atoms with Crippen LogP contribution in [0.4, 0.5) is 20.3 Å². The van der Waals surface area contributed by atoms with Crippen LogP contribution in [0, 0.1) is 10.1 Å². The number of nitro groups is 1. The minimum absolute atomic E-state index is 0.0672. The van der Waals surface area contributed by atoms with Crippen LogP contribution in [-0.2, 0) is 6.54 Å². The van der Waals surface area contributed by atoms with Crippen LogP contribution in [-0.4, -0.2) is 33.8 Å². The molecule has 1 aromatic heterocycles. The lowest BCUT2D eigenvalue weighted by atomic mass is 10.1. The molecule has 0 fully saturated rings. The number of carbonyl (C=O) groups excluding carboxylic acids is 1. The summed E-state index contributed by atoms with van der Waals surface area (Å²) in [5.41, 5.74) is 1.41. The SMILES string of the molecule is CCOc1cc(NC(=O)c2ccc(Cn3cc(Cl)c([N+](=O)[O-])n3)cc2)ccc1OC(F)F. The van der Waals surface area contributed by atoms with E-state index in [1.807, 2.05) is 0 Å². The Morgan fingerprint density at radius 1 is 1.25 bits per heavy atom. The maximum absolute atomic E-state index is 12.5. The number of nitrogens with zero attached hydrogens (tertiary/aromatic N) is 3. The highest BCUT2D eigenvalue weighted by Crippen LogP contribution is 2.32. The van der Waals surface area contributed by atoms with Crippen molar-refractivity contribution in [3.63, 3.8) is 0 Å². The molecule has 0 aliphatic rings. The first-order valence-corrected chi connectivity index (χ1v) is 9.64. The molecule has 0 radical (unpaired) electrons. The Hall–Kier alpha value is -3.73. The van der Waals surface area contributed by atoms with E-state index in [0.29, 0.717) is 11.3 Å². The molecule has 0 aliphatic carbocycles. The fourth-order valence-corrected chi connectivity index (χ4v) is 3.01. The van der Waals surface area contributed by atoms with Crippen molar-refractivity contribution in [2.45, 2.75) is 20.1 Å². The topological polar surface area (TPSA) is 109 Å². The van der Waals surface area contributed by atoms with Gasteiger partial charge in [0.1, 0.15) is 0 Å². The molecule has 12 heteroatoms. The van der Waals surface area contributed by atoms with E-state index in [2.05, 4.69) is 15.2 Å². The third-order valence-electron chi connectivity index (χ3n) is 4.15. The zero-order chi connectivity index (χ0) is 23.3. The zero-order valence-corrected chi connectivity index (χ0v) is 17.4. The van der Waals surface area contributed by atoms with Crippen molar-refractivity contribution in [1.82, 2.24) is 9.78 Å². The van der Waals surface area contributed by atoms with Gasteiger partial charge in [-0.15, -0.1) is 0 Å². The molecule has 0 bridgehead atoms. The molecule has 168 valence electrons. The second kappa shape index (κ2) is 10.1. The Morgan fingerprint density at radius 3 is 2.56 bits per heavy atom. The number of amides is 1. The van der Waals surface area contributed by atoms with E-state index in [1.165, 1.54) is 29.1 Å². The molecule has 2 aromatic carbocycles. The van der Waals surface area contributed by atoms with Crippen molar-refractivity contribution in [1.29, 1.82) is 0 Å². The van der Waals surface area contributed by atoms with Crippen LogP contribution < -0.4 is 14.8 Å². The number of anilines is 1. The van der Waals surface area contributed by atoms with Crippen molar-refractivity contribution in [2.75, 3.05) is 11.9 Å². The Balaban J connectivity index is 1.68. The summed E-state index contributed by atoms with van der Waals surface area (Å²) in [4.78, 5) is 22.7. The van der Waals surface area contributed by atoms with Gasteiger partial charge in [-0.3, -0.25) is 4.79 Å². The lowest BCUT2D eigenvalue weighted by molar-refractivity contribution is -0.389. The number of ether oxygens (including phenoxy) is 2. The summed E-state index contributed by atoms with van der Waals surface area (Å²) in [5, 5.41) is 17.2. The highest BCUT2D eigenvalue weighted by molar-refractivity contribution is 6.32. The minimum Gasteiger partial charge on any atom is -0.490 e. The van der Waals surface area contributed by atoms with Gasteiger partial charge in [0.2, 0.25) is 0 Å². The summed E-state index contributed by atoms with van der Waals surface area (Å²) in [6, 6.07) is 10.6. The first-order chi connectivity index (χ1) is 15.3. The fourth-order valence-electron chi connectivity index (χ4n) is 2.79. The van der Waals surface area contributed by atoms with Crippen LogP contribution in [0.15, 0.2) is 48.7 Å². The Kier molecular flexibility index (Phi) is 7.21. The molecule has 0 saturated carbocycles. The first kappa shape index (κ1) is 22.9. The predicted octanol–water partition coefficient (Wildman–Crippen LogP) is 4.75. The van der Waals surface area contributed by atoms with Gasteiger partial charge in [0.15, 0.2) is 16.5 Å². The van der Waals surface area contributed by atoms with E-state index in [0.717, 1.165) is 5.56 Å². The van der Waals surface area contributed by atoms with Crippen molar-refractivity contribution in [2.24, 2.45) is 0 Å². The van der Waals surface area contributed by atoms with Gasteiger partial charge in [-0.1, -0.05) is 23.7 Å². The predicted molar refractivity (Wildman–Crippen MR) is 112 cm³/mol. The quantitative estimate of drug-likeness (QED) is 0.360. The molecule has 9 nitrogen and oxygen atoms in total. The number of carbonyl (C=O) groups is 1. The number of hydrogen-bond acceptors (Lipinski definition) is 6. The van der Waals surface area contributed by atoms with Crippen LogP contribution in [0.5, 0.6) is 11.5 Å². The molecular weight excluding hydrogens is 450 g/mol. The number of aromatic nitrogens is 2. The average molecular weight is 467 g/mol. The number of alkyl halides is 2. The number of benzene rings is 2. The largest absolute Gasteiger partial charge is 0.490 e. The Labute approximate surface area is 185 Å². The number of nitrogens with one attached hydrogen (secondary N) is 1. The zero-order valence-electron chi connectivity index (χ0n) is 16.6. The Morgan fingerprint density at radius 2 is 1.97 bits per heavy atom. The summed E-state index contributed by atoms with van der Waals surface area (Å²) in [5.74, 6) is -0.922. The third-order valence-corrected chi connectivity index (χ3v) is 4.42. The maximum Gasteiger partial charge on any atom is 0.408 e. The highest BCUT2D eigenvalue weighted by Gasteiger charge is 2.19. The Bertz CT molecular complexity index is 1120. The second-order valence-corrected chi connectivity index (χ2v) is 6.79. The van der Waals surface area contributed by atoms with E-state index in [-0.39, 0.29) is 29.7 Å². The summed E-state index contributed by atoms with van der Waals surface area (Å²) in [7, 11) is 0. The highest BCUT2D eigenvalue weighted by atomic mass is 35.5. The lowest BCUT2D eigenvalue weighted by Gasteiger charge is -2.13. The van der Waals surface area contributed by atoms with E-state index in [4.69, 9.17) is 16.3 Å². The van der Waals surface area contributed by atoms with Crippen LogP contribution in [0.2, 0.25) is 5.02 Å². The third kappa shape index (κ3) is 5.70. The van der Waals surface area contributed by atoms with E-state index < -0.39 is 23.3 Å². The fraction of sp³-hybridized carbons (Fsp3) is 0.200. The van der Waals surface area contributed by atoms with Gasteiger partial charge < -0.3 is 24.9 Å². The van der Waals surface area contributed by atoms with Gasteiger partial charge in [-0.25, -0.2) is 0 Å². The molecule has 32 heavy (non-hydrogen) atoms.